The number of nitrogens with two attached hydrogens (primary N) is 1. The molecule has 4 nitrogen and oxygen atoms in total. The van der Waals surface area contributed by atoms with Gasteiger partial charge in [-0.1, -0.05) is 11.6 Å². The molecule has 166 valence electrons. The molecule has 0 saturated heterocycles. The van der Waals surface area contributed by atoms with Crippen LogP contribution in [0.15, 0.2) is 30.3 Å². The molecule has 9 heteroatoms. The van der Waals surface area contributed by atoms with Crippen LogP contribution in [0.25, 0.3) is 0 Å². The quantitative estimate of drug-likeness (QED) is 0.561. The Morgan fingerprint density at radius 1 is 1.07 bits per heavy atom. The van der Waals surface area contributed by atoms with E-state index in [4.69, 9.17) is 17.3 Å². The number of aliphatic hydroxyl groups excluding tert-OH is 1. The number of rotatable bonds is 6. The molecule has 30 heavy (non-hydrogen) atoms. The number of carbonyl (C=O) groups excluding carboxylic acids is 1. The molecule has 0 spiro atoms. The van der Waals surface area contributed by atoms with E-state index in [9.17, 15) is 23.1 Å². The van der Waals surface area contributed by atoms with Crippen LogP contribution in [0.3, 0.4) is 0 Å². The van der Waals surface area contributed by atoms with Gasteiger partial charge in [-0.3, -0.25) is 4.79 Å². The lowest BCUT2D eigenvalue weighted by molar-refractivity contribution is 0.0917. The Morgan fingerprint density at radius 2 is 1.67 bits per heavy atom. The first-order chi connectivity index (χ1) is 13.4. The Labute approximate surface area is 185 Å². The molecule has 2 rings (SSSR count). The third-order valence-corrected chi connectivity index (χ3v) is 4.50. The molecule has 0 aromatic heterocycles. The molecule has 2 aromatic carbocycles. The zero-order chi connectivity index (χ0) is 21.9. The average Bonchev–Trinajstić information content (AvgIpc) is 2.58. The zero-order valence-corrected chi connectivity index (χ0v) is 18.4. The number of hydrogen-bond acceptors (Lipinski definition) is 3. The summed E-state index contributed by atoms with van der Waals surface area (Å²) in [5, 5.41) is 13.7. The maximum atomic E-state index is 13.8. The summed E-state index contributed by atoms with van der Waals surface area (Å²) in [5.74, 6) is -3.77. The van der Waals surface area contributed by atoms with Gasteiger partial charge in [0.05, 0.1) is 6.10 Å². The van der Waals surface area contributed by atoms with E-state index < -0.39 is 35.1 Å². The van der Waals surface area contributed by atoms with Crippen molar-refractivity contribution in [3.05, 3.63) is 69.5 Å². The highest BCUT2D eigenvalue weighted by molar-refractivity contribution is 6.30. The predicted molar refractivity (Wildman–Crippen MR) is 114 cm³/mol. The van der Waals surface area contributed by atoms with Crippen molar-refractivity contribution in [2.45, 2.75) is 51.3 Å². The molecular formula is C21H25Cl2F3N2O2. The summed E-state index contributed by atoms with van der Waals surface area (Å²) in [6.45, 7) is 5.50. The second-order valence-corrected chi connectivity index (χ2v) is 8.44. The van der Waals surface area contributed by atoms with E-state index in [2.05, 4.69) is 5.32 Å². The van der Waals surface area contributed by atoms with E-state index >= 15 is 0 Å². The summed E-state index contributed by atoms with van der Waals surface area (Å²) < 4.78 is 40.3. The smallest absolute Gasteiger partial charge is 0.251 e. The van der Waals surface area contributed by atoms with Crippen LogP contribution in [-0.2, 0) is 12.8 Å². The molecule has 0 radical (unpaired) electrons. The second kappa shape index (κ2) is 10.5. The maximum Gasteiger partial charge on any atom is 0.251 e. The first-order valence-corrected chi connectivity index (χ1v) is 9.43. The topological polar surface area (TPSA) is 75.3 Å². The van der Waals surface area contributed by atoms with Gasteiger partial charge in [-0.15, -0.1) is 12.4 Å². The van der Waals surface area contributed by atoms with Crippen molar-refractivity contribution in [3.63, 3.8) is 0 Å². The fourth-order valence-electron chi connectivity index (χ4n) is 2.85. The van der Waals surface area contributed by atoms with Gasteiger partial charge in [-0.05, 0) is 62.6 Å². The molecule has 0 saturated carbocycles. The van der Waals surface area contributed by atoms with Crippen LogP contribution in [-0.4, -0.2) is 28.7 Å². The second-order valence-electron chi connectivity index (χ2n) is 8.00. The number of amides is 1. The fraction of sp³-hybridized carbons (Fsp3) is 0.381. The van der Waals surface area contributed by atoms with Crippen molar-refractivity contribution in [1.29, 1.82) is 0 Å². The van der Waals surface area contributed by atoms with Crippen molar-refractivity contribution in [2.24, 2.45) is 5.73 Å². The molecule has 4 N–H and O–H groups in total. The highest BCUT2D eigenvalue weighted by Crippen LogP contribution is 2.21. The lowest BCUT2D eigenvalue weighted by atomic mass is 9.94. The van der Waals surface area contributed by atoms with Crippen LogP contribution in [0.1, 0.15) is 42.3 Å². The molecule has 2 aromatic rings. The highest BCUT2D eigenvalue weighted by atomic mass is 35.5. The lowest BCUT2D eigenvalue weighted by Gasteiger charge is -2.23. The number of hydrogen-bond donors (Lipinski definition) is 3. The molecule has 0 aliphatic carbocycles. The van der Waals surface area contributed by atoms with Crippen molar-refractivity contribution in [1.82, 2.24) is 5.32 Å². The Balaban J connectivity index is 0.00000450. The number of nitrogens with one attached hydrogen (secondary N) is 1. The van der Waals surface area contributed by atoms with Gasteiger partial charge >= 0.3 is 0 Å². The van der Waals surface area contributed by atoms with Crippen LogP contribution in [0.5, 0.6) is 0 Å². The summed E-state index contributed by atoms with van der Waals surface area (Å²) in [6.07, 6.45) is -1.42. The third-order valence-electron chi connectivity index (χ3n) is 4.27. The van der Waals surface area contributed by atoms with Gasteiger partial charge < -0.3 is 16.2 Å². The number of carbonyl (C=O) groups is 1. The Morgan fingerprint density at radius 3 is 2.27 bits per heavy atom. The van der Waals surface area contributed by atoms with E-state index in [1.165, 1.54) is 0 Å². The van der Waals surface area contributed by atoms with Crippen LogP contribution in [0.2, 0.25) is 5.02 Å². The maximum absolute atomic E-state index is 13.8. The van der Waals surface area contributed by atoms with Gasteiger partial charge in [0.2, 0.25) is 0 Å². The molecule has 1 amide bonds. The molecule has 0 aliphatic rings. The van der Waals surface area contributed by atoms with Gasteiger partial charge in [-0.2, -0.15) is 0 Å². The minimum Gasteiger partial charge on any atom is -0.391 e. The van der Waals surface area contributed by atoms with E-state index in [1.807, 2.05) is 20.8 Å². The Bertz CT molecular complexity index is 905. The Kier molecular flexibility index (Phi) is 9.17. The minimum absolute atomic E-state index is 0. The molecule has 0 heterocycles. The lowest BCUT2D eigenvalue weighted by Crippen LogP contribution is -2.42. The molecule has 2 atom stereocenters. The molecule has 0 bridgehead atoms. The minimum atomic E-state index is -1.30. The standard InChI is InChI=1S/C21H24ClF3N2O2.ClH/c1-21(2,3)27-20(29)14-5-4-13(22)6-11(14)9-19(28)18(26)8-12-7-16(24)17(25)10-15(12)23;/h4-7,10,18-19,28H,8-9,26H2,1-3H3,(H,27,29);1H/t18-,19+;/m1./s1. The summed E-state index contributed by atoms with van der Waals surface area (Å²) in [7, 11) is 0. The molecule has 0 aliphatic heterocycles. The van der Waals surface area contributed by atoms with E-state index in [-0.39, 0.29) is 36.7 Å². The monoisotopic (exact) mass is 464 g/mol. The summed E-state index contributed by atoms with van der Waals surface area (Å²) in [6, 6.07) is 4.84. The van der Waals surface area contributed by atoms with E-state index in [0.29, 0.717) is 22.2 Å². The van der Waals surface area contributed by atoms with Crippen LogP contribution >= 0.6 is 24.0 Å². The summed E-state index contributed by atoms with van der Waals surface area (Å²) in [4.78, 5) is 12.6. The summed E-state index contributed by atoms with van der Waals surface area (Å²) in [5.41, 5.74) is 6.14. The zero-order valence-electron chi connectivity index (χ0n) is 16.8. The number of halogens is 5. The molecule has 0 fully saturated rings. The third kappa shape index (κ3) is 7.16. The largest absolute Gasteiger partial charge is 0.391 e. The normalized spacial score (nSPS) is 13.4. The van der Waals surface area contributed by atoms with Gasteiger partial charge in [0.25, 0.3) is 5.91 Å². The summed E-state index contributed by atoms with van der Waals surface area (Å²) >= 11 is 6.03. The van der Waals surface area contributed by atoms with Crippen LogP contribution < -0.4 is 11.1 Å². The van der Waals surface area contributed by atoms with Gasteiger partial charge in [0.1, 0.15) is 5.82 Å². The molecular weight excluding hydrogens is 440 g/mol. The van der Waals surface area contributed by atoms with Crippen LogP contribution in [0, 0.1) is 17.5 Å². The van der Waals surface area contributed by atoms with E-state index in [0.717, 1.165) is 6.07 Å². The van der Waals surface area contributed by atoms with Crippen molar-refractivity contribution < 1.29 is 23.1 Å². The SMILES string of the molecule is CC(C)(C)NC(=O)c1ccc(Cl)cc1C[C@H](O)[C@H](N)Cc1cc(F)c(F)cc1F.Cl. The fourth-order valence-corrected chi connectivity index (χ4v) is 3.04. The van der Waals surface area contributed by atoms with Crippen molar-refractivity contribution in [2.75, 3.05) is 0 Å². The highest BCUT2D eigenvalue weighted by Gasteiger charge is 2.23. The van der Waals surface area contributed by atoms with Gasteiger partial charge in [-0.25, -0.2) is 13.2 Å². The average molecular weight is 465 g/mol. The Hall–Kier alpha value is -1.80. The van der Waals surface area contributed by atoms with Crippen LogP contribution in [0.4, 0.5) is 13.2 Å². The van der Waals surface area contributed by atoms with Gasteiger partial charge in [0, 0.05) is 34.7 Å². The number of benzene rings is 2. The van der Waals surface area contributed by atoms with E-state index in [1.54, 1.807) is 18.2 Å². The first-order valence-electron chi connectivity index (χ1n) is 9.05. The molecule has 0 unspecified atom stereocenters. The predicted octanol–water partition coefficient (Wildman–Crippen LogP) is 4.18. The van der Waals surface area contributed by atoms with Gasteiger partial charge in [0.15, 0.2) is 11.6 Å². The van der Waals surface area contributed by atoms with Crippen molar-refractivity contribution >= 4 is 29.9 Å². The first kappa shape index (κ1) is 26.2. The van der Waals surface area contributed by atoms with Crippen molar-refractivity contribution in [3.8, 4) is 0 Å². The number of aliphatic hydroxyl groups is 1.